The van der Waals surface area contributed by atoms with E-state index in [1.165, 1.54) is 11.8 Å². The molecule has 2 aromatic carbocycles. The van der Waals surface area contributed by atoms with Gasteiger partial charge in [0, 0.05) is 25.7 Å². The van der Waals surface area contributed by atoms with Crippen LogP contribution in [0.4, 0.5) is 0 Å². The molecule has 21 heavy (non-hydrogen) atoms. The van der Waals surface area contributed by atoms with Crippen molar-refractivity contribution in [3.05, 3.63) is 57.0 Å². The first-order valence-electron chi connectivity index (χ1n) is 5.99. The van der Waals surface area contributed by atoms with Gasteiger partial charge in [-0.2, -0.15) is 0 Å². The van der Waals surface area contributed by atoms with E-state index < -0.39 is 5.97 Å². The van der Waals surface area contributed by atoms with E-state index in [4.69, 9.17) is 16.3 Å². The molecule has 0 fully saturated rings. The lowest BCUT2D eigenvalue weighted by molar-refractivity contribution is 0.0693. The van der Waals surface area contributed by atoms with Gasteiger partial charge in [-0.25, -0.2) is 4.79 Å². The third-order valence-corrected chi connectivity index (χ3v) is 4.63. The first-order chi connectivity index (χ1) is 10.0. The molecule has 0 saturated carbocycles. The minimum absolute atomic E-state index is 0.282. The summed E-state index contributed by atoms with van der Waals surface area (Å²) in [6, 6.07) is 10.5. The number of hydrogen-bond acceptors (Lipinski definition) is 3. The molecule has 110 valence electrons. The van der Waals surface area contributed by atoms with Crippen molar-refractivity contribution in [1.29, 1.82) is 0 Å². The van der Waals surface area contributed by atoms with Crippen molar-refractivity contribution >= 4 is 45.3 Å². The van der Waals surface area contributed by atoms with Crippen LogP contribution in [-0.4, -0.2) is 18.2 Å². The summed E-state index contributed by atoms with van der Waals surface area (Å²) in [5.74, 6) is 0.363. The Morgan fingerprint density at radius 3 is 2.76 bits per heavy atom. The van der Waals surface area contributed by atoms with Crippen molar-refractivity contribution < 1.29 is 14.6 Å². The van der Waals surface area contributed by atoms with E-state index in [9.17, 15) is 9.90 Å². The van der Waals surface area contributed by atoms with Crippen LogP contribution < -0.4 is 4.74 Å². The molecular formula is C15H12BrClO3S. The normalized spacial score (nSPS) is 10.4. The Balaban J connectivity index is 2.26. The Labute approximate surface area is 140 Å². The average Bonchev–Trinajstić information content (AvgIpc) is 2.45. The fourth-order valence-corrected chi connectivity index (χ4v) is 3.57. The zero-order valence-electron chi connectivity index (χ0n) is 11.1. The summed E-state index contributed by atoms with van der Waals surface area (Å²) in [5.41, 5.74) is 1.20. The number of ether oxygens (including phenoxy) is 1. The van der Waals surface area contributed by atoms with E-state index in [2.05, 4.69) is 15.9 Å². The van der Waals surface area contributed by atoms with E-state index in [1.807, 2.05) is 6.07 Å². The van der Waals surface area contributed by atoms with E-state index >= 15 is 0 Å². The van der Waals surface area contributed by atoms with E-state index in [0.29, 0.717) is 15.7 Å². The number of carbonyl (C=O) groups is 1. The van der Waals surface area contributed by atoms with Crippen molar-refractivity contribution in [3.63, 3.8) is 0 Å². The lowest BCUT2D eigenvalue weighted by Gasteiger charge is -2.10. The van der Waals surface area contributed by atoms with Crippen LogP contribution >= 0.6 is 39.3 Å². The average molecular weight is 388 g/mol. The topological polar surface area (TPSA) is 46.5 Å². The van der Waals surface area contributed by atoms with Crippen LogP contribution in [0.3, 0.4) is 0 Å². The summed E-state index contributed by atoms with van der Waals surface area (Å²) in [4.78, 5) is 11.9. The number of benzene rings is 2. The van der Waals surface area contributed by atoms with Crippen molar-refractivity contribution in [3.8, 4) is 5.75 Å². The van der Waals surface area contributed by atoms with Crippen molar-refractivity contribution in [2.45, 2.75) is 10.6 Å². The molecule has 0 bridgehead atoms. The molecule has 2 rings (SSSR count). The van der Waals surface area contributed by atoms with Gasteiger partial charge in [0.15, 0.2) is 0 Å². The molecule has 0 radical (unpaired) electrons. The van der Waals surface area contributed by atoms with Gasteiger partial charge in [0.2, 0.25) is 0 Å². The molecule has 0 heterocycles. The molecule has 0 saturated heterocycles. The highest BCUT2D eigenvalue weighted by Gasteiger charge is 2.12. The fraction of sp³-hybridized carbons (Fsp3) is 0.133. The van der Waals surface area contributed by atoms with Crippen LogP contribution in [0.5, 0.6) is 5.75 Å². The van der Waals surface area contributed by atoms with Gasteiger partial charge in [-0.1, -0.05) is 27.5 Å². The van der Waals surface area contributed by atoms with E-state index in [1.54, 1.807) is 37.4 Å². The fourth-order valence-electron chi connectivity index (χ4n) is 1.81. The molecule has 0 aliphatic carbocycles. The Morgan fingerprint density at radius 1 is 1.33 bits per heavy atom. The number of halogens is 2. The highest BCUT2D eigenvalue weighted by molar-refractivity contribution is 9.10. The van der Waals surface area contributed by atoms with Gasteiger partial charge in [0.25, 0.3) is 0 Å². The molecule has 2 aromatic rings. The maximum Gasteiger partial charge on any atom is 0.336 e. The number of hydrogen-bond donors (Lipinski definition) is 1. The first kappa shape index (κ1) is 16.2. The summed E-state index contributed by atoms with van der Waals surface area (Å²) in [5, 5.41) is 9.85. The van der Waals surface area contributed by atoms with Gasteiger partial charge < -0.3 is 9.84 Å². The second-order valence-electron chi connectivity index (χ2n) is 4.19. The van der Waals surface area contributed by atoms with Gasteiger partial charge in [-0.15, -0.1) is 11.8 Å². The van der Waals surface area contributed by atoms with Crippen molar-refractivity contribution in [1.82, 2.24) is 0 Å². The van der Waals surface area contributed by atoms with Gasteiger partial charge in [0.05, 0.1) is 12.7 Å². The van der Waals surface area contributed by atoms with Crippen LogP contribution in [0, 0.1) is 0 Å². The molecule has 0 amide bonds. The number of carboxylic acid groups (broad SMARTS) is 1. The molecule has 6 heteroatoms. The largest absolute Gasteiger partial charge is 0.496 e. The molecule has 0 aliphatic rings. The van der Waals surface area contributed by atoms with Crippen LogP contribution in [0.2, 0.25) is 5.02 Å². The summed E-state index contributed by atoms with van der Waals surface area (Å²) in [7, 11) is 1.60. The van der Waals surface area contributed by atoms with E-state index in [-0.39, 0.29) is 5.56 Å². The third kappa shape index (κ3) is 4.15. The Morgan fingerprint density at radius 2 is 2.10 bits per heavy atom. The Bertz CT molecular complexity index is 676. The second kappa shape index (κ2) is 7.20. The lowest BCUT2D eigenvalue weighted by Crippen LogP contribution is -1.99. The highest BCUT2D eigenvalue weighted by Crippen LogP contribution is 2.33. The minimum Gasteiger partial charge on any atom is -0.496 e. The number of rotatable bonds is 5. The first-order valence-corrected chi connectivity index (χ1v) is 8.15. The maximum atomic E-state index is 11.2. The minimum atomic E-state index is -0.942. The molecular weight excluding hydrogens is 376 g/mol. The predicted molar refractivity (Wildman–Crippen MR) is 88.7 cm³/mol. The maximum absolute atomic E-state index is 11.2. The number of carboxylic acids is 1. The summed E-state index contributed by atoms with van der Waals surface area (Å²) in [6.07, 6.45) is 0. The van der Waals surface area contributed by atoms with Crippen LogP contribution in [0.25, 0.3) is 0 Å². The van der Waals surface area contributed by atoms with Gasteiger partial charge >= 0.3 is 5.97 Å². The van der Waals surface area contributed by atoms with Crippen LogP contribution in [0.15, 0.2) is 45.8 Å². The highest BCUT2D eigenvalue weighted by atomic mass is 79.9. The van der Waals surface area contributed by atoms with Crippen LogP contribution in [-0.2, 0) is 5.75 Å². The zero-order valence-corrected chi connectivity index (χ0v) is 14.3. The predicted octanol–water partition coefficient (Wildman–Crippen LogP) is 5.10. The summed E-state index contributed by atoms with van der Waals surface area (Å²) < 4.78 is 6.13. The number of methoxy groups -OCH3 is 1. The van der Waals surface area contributed by atoms with E-state index in [0.717, 1.165) is 15.8 Å². The quantitative estimate of drug-likeness (QED) is 0.725. The van der Waals surface area contributed by atoms with Crippen molar-refractivity contribution in [2.24, 2.45) is 0 Å². The molecule has 0 spiro atoms. The summed E-state index contributed by atoms with van der Waals surface area (Å²) in [6.45, 7) is 0. The molecule has 3 nitrogen and oxygen atoms in total. The SMILES string of the molecule is COc1ccc(Cl)cc1CSc1cc(Br)ccc1C(=O)O. The molecule has 0 aromatic heterocycles. The van der Waals surface area contributed by atoms with Crippen molar-refractivity contribution in [2.75, 3.05) is 7.11 Å². The standard InChI is InChI=1S/C15H12BrClO3S/c1-20-13-5-3-11(17)6-9(13)8-21-14-7-10(16)2-4-12(14)15(18)19/h2-7H,8H2,1H3,(H,18,19). The number of aromatic carboxylic acids is 1. The molecule has 0 aliphatic heterocycles. The van der Waals surface area contributed by atoms with Gasteiger partial charge in [-0.3, -0.25) is 0 Å². The third-order valence-electron chi connectivity index (χ3n) is 2.80. The Hall–Kier alpha value is -1.17. The zero-order chi connectivity index (χ0) is 15.4. The molecule has 1 N–H and O–H groups in total. The van der Waals surface area contributed by atoms with Gasteiger partial charge in [0.1, 0.15) is 5.75 Å². The molecule has 0 unspecified atom stereocenters. The second-order valence-corrected chi connectivity index (χ2v) is 6.56. The van der Waals surface area contributed by atoms with Gasteiger partial charge in [-0.05, 0) is 36.4 Å². The summed E-state index contributed by atoms with van der Waals surface area (Å²) >= 11 is 10.8. The molecule has 0 atom stereocenters. The Kier molecular flexibility index (Phi) is 5.56. The monoisotopic (exact) mass is 386 g/mol. The number of thioether (sulfide) groups is 1. The lowest BCUT2D eigenvalue weighted by atomic mass is 10.2. The smallest absolute Gasteiger partial charge is 0.336 e. The van der Waals surface area contributed by atoms with Crippen LogP contribution in [0.1, 0.15) is 15.9 Å².